The lowest BCUT2D eigenvalue weighted by Crippen LogP contribution is -2.19. The summed E-state index contributed by atoms with van der Waals surface area (Å²) in [6.07, 6.45) is 2.83. The van der Waals surface area contributed by atoms with Gasteiger partial charge in [-0.15, -0.1) is 0 Å². The Morgan fingerprint density at radius 1 is 1.40 bits per heavy atom. The molecule has 0 amide bonds. The smallest absolute Gasteiger partial charge is 0.117 e. The van der Waals surface area contributed by atoms with Crippen LogP contribution in [0.4, 0.5) is 0 Å². The molecule has 0 unspecified atom stereocenters. The molecule has 0 aliphatic rings. The summed E-state index contributed by atoms with van der Waals surface area (Å²) in [5.74, 6) is 1.69. The molecule has 15 heavy (non-hydrogen) atoms. The molecular weight excluding hydrogens is 190 g/mol. The van der Waals surface area contributed by atoms with E-state index < -0.39 is 0 Å². The Bertz CT molecular complexity index is 232. The molecule has 0 radical (unpaired) electrons. The van der Waals surface area contributed by atoms with E-state index in [1.807, 2.05) is 12.1 Å². The van der Waals surface area contributed by atoms with Crippen molar-refractivity contribution in [1.82, 2.24) is 5.32 Å². The second kappa shape index (κ2) is 7.49. The molecule has 0 aromatic carbocycles. The highest BCUT2D eigenvalue weighted by Gasteiger charge is 1.95. The van der Waals surface area contributed by atoms with E-state index >= 15 is 0 Å². The van der Waals surface area contributed by atoms with Gasteiger partial charge >= 0.3 is 0 Å². The van der Waals surface area contributed by atoms with E-state index in [1.54, 1.807) is 6.26 Å². The number of hydrogen-bond acceptors (Lipinski definition) is 3. The molecule has 3 heteroatoms. The van der Waals surface area contributed by atoms with Crippen molar-refractivity contribution in [3.63, 3.8) is 0 Å². The number of ether oxygens (including phenoxy) is 1. The number of hydrogen-bond donors (Lipinski definition) is 1. The van der Waals surface area contributed by atoms with Crippen molar-refractivity contribution in [3.8, 4) is 0 Å². The van der Waals surface area contributed by atoms with Gasteiger partial charge in [0, 0.05) is 13.2 Å². The summed E-state index contributed by atoms with van der Waals surface area (Å²) in [6, 6.07) is 3.86. The molecule has 86 valence electrons. The Morgan fingerprint density at radius 3 is 2.93 bits per heavy atom. The SMILES string of the molecule is CC(C)CCOCCNCc1ccco1. The van der Waals surface area contributed by atoms with Crippen molar-refractivity contribution < 1.29 is 9.15 Å². The van der Waals surface area contributed by atoms with Gasteiger partial charge in [-0.1, -0.05) is 13.8 Å². The molecule has 0 spiro atoms. The monoisotopic (exact) mass is 211 g/mol. The van der Waals surface area contributed by atoms with Crippen LogP contribution in [0.1, 0.15) is 26.0 Å². The van der Waals surface area contributed by atoms with Crippen molar-refractivity contribution >= 4 is 0 Å². The van der Waals surface area contributed by atoms with Gasteiger partial charge < -0.3 is 14.5 Å². The first kappa shape index (κ1) is 12.3. The van der Waals surface area contributed by atoms with E-state index in [2.05, 4.69) is 19.2 Å². The molecule has 0 fully saturated rings. The zero-order valence-electron chi connectivity index (χ0n) is 9.66. The number of furan rings is 1. The van der Waals surface area contributed by atoms with E-state index in [9.17, 15) is 0 Å². The second-order valence-corrected chi connectivity index (χ2v) is 4.05. The van der Waals surface area contributed by atoms with E-state index in [4.69, 9.17) is 9.15 Å². The number of rotatable bonds is 8. The predicted molar refractivity (Wildman–Crippen MR) is 60.7 cm³/mol. The average Bonchev–Trinajstić information content (AvgIpc) is 2.68. The molecule has 0 saturated carbocycles. The van der Waals surface area contributed by atoms with Gasteiger partial charge in [0.15, 0.2) is 0 Å². The lowest BCUT2D eigenvalue weighted by Gasteiger charge is -2.06. The summed E-state index contributed by atoms with van der Waals surface area (Å²) < 4.78 is 10.7. The summed E-state index contributed by atoms with van der Waals surface area (Å²) in [5.41, 5.74) is 0. The summed E-state index contributed by atoms with van der Waals surface area (Å²) in [5, 5.41) is 3.26. The maximum atomic E-state index is 5.47. The van der Waals surface area contributed by atoms with Crippen molar-refractivity contribution in [2.24, 2.45) is 5.92 Å². The van der Waals surface area contributed by atoms with Crippen LogP contribution < -0.4 is 5.32 Å². The van der Waals surface area contributed by atoms with Gasteiger partial charge in [-0.2, -0.15) is 0 Å². The van der Waals surface area contributed by atoms with Gasteiger partial charge in [-0.05, 0) is 24.5 Å². The molecule has 1 N–H and O–H groups in total. The fourth-order valence-electron chi connectivity index (χ4n) is 1.19. The predicted octanol–water partition coefficient (Wildman–Crippen LogP) is 2.43. The maximum absolute atomic E-state index is 5.47. The maximum Gasteiger partial charge on any atom is 0.117 e. The fraction of sp³-hybridized carbons (Fsp3) is 0.667. The average molecular weight is 211 g/mol. The van der Waals surface area contributed by atoms with E-state index in [0.29, 0.717) is 0 Å². The van der Waals surface area contributed by atoms with Crippen LogP contribution in [0.3, 0.4) is 0 Å². The molecule has 0 saturated heterocycles. The van der Waals surface area contributed by atoms with Gasteiger partial charge in [0.1, 0.15) is 5.76 Å². The third-order valence-electron chi connectivity index (χ3n) is 2.14. The van der Waals surface area contributed by atoms with Crippen LogP contribution in [0.15, 0.2) is 22.8 Å². The lowest BCUT2D eigenvalue weighted by atomic mass is 10.1. The van der Waals surface area contributed by atoms with E-state index in [0.717, 1.165) is 44.4 Å². The molecule has 1 heterocycles. The van der Waals surface area contributed by atoms with Crippen LogP contribution in [0.25, 0.3) is 0 Å². The standard InChI is InChI=1S/C12H21NO2/c1-11(2)5-8-14-9-6-13-10-12-4-3-7-15-12/h3-4,7,11,13H,5-6,8-10H2,1-2H3. The van der Waals surface area contributed by atoms with Crippen LogP contribution in [-0.4, -0.2) is 19.8 Å². The zero-order valence-corrected chi connectivity index (χ0v) is 9.66. The summed E-state index contributed by atoms with van der Waals surface area (Å²) in [7, 11) is 0. The fourth-order valence-corrected chi connectivity index (χ4v) is 1.19. The number of nitrogens with one attached hydrogen (secondary N) is 1. The van der Waals surface area contributed by atoms with Crippen molar-refractivity contribution in [2.75, 3.05) is 19.8 Å². The summed E-state index contributed by atoms with van der Waals surface area (Å²) in [4.78, 5) is 0. The summed E-state index contributed by atoms with van der Waals surface area (Å²) >= 11 is 0. The van der Waals surface area contributed by atoms with E-state index in [-0.39, 0.29) is 0 Å². The molecular formula is C12H21NO2. The first-order chi connectivity index (χ1) is 7.29. The van der Waals surface area contributed by atoms with Gasteiger partial charge in [0.05, 0.1) is 19.4 Å². The Kier molecular flexibility index (Phi) is 6.12. The van der Waals surface area contributed by atoms with Crippen molar-refractivity contribution in [2.45, 2.75) is 26.8 Å². The Balaban J connectivity index is 1.85. The molecule has 1 aromatic rings. The van der Waals surface area contributed by atoms with Crippen LogP contribution in [0.2, 0.25) is 0 Å². The minimum absolute atomic E-state index is 0.723. The zero-order chi connectivity index (χ0) is 10.9. The minimum Gasteiger partial charge on any atom is -0.468 e. The van der Waals surface area contributed by atoms with Gasteiger partial charge in [0.2, 0.25) is 0 Å². The molecule has 1 rings (SSSR count). The molecule has 0 aliphatic carbocycles. The van der Waals surface area contributed by atoms with Crippen molar-refractivity contribution in [1.29, 1.82) is 0 Å². The third kappa shape index (κ3) is 6.31. The molecule has 1 aromatic heterocycles. The first-order valence-corrected chi connectivity index (χ1v) is 5.60. The largest absolute Gasteiger partial charge is 0.468 e. The Morgan fingerprint density at radius 2 is 2.27 bits per heavy atom. The molecule has 0 bridgehead atoms. The highest BCUT2D eigenvalue weighted by molar-refractivity contribution is 4.97. The van der Waals surface area contributed by atoms with Gasteiger partial charge in [-0.25, -0.2) is 0 Å². The first-order valence-electron chi connectivity index (χ1n) is 5.60. The topological polar surface area (TPSA) is 34.4 Å². The normalized spacial score (nSPS) is 11.1. The molecule has 0 aliphatic heterocycles. The summed E-state index contributed by atoms with van der Waals surface area (Å²) in [6.45, 7) is 7.70. The van der Waals surface area contributed by atoms with Crippen LogP contribution >= 0.6 is 0 Å². The Hall–Kier alpha value is -0.800. The van der Waals surface area contributed by atoms with E-state index in [1.165, 1.54) is 0 Å². The lowest BCUT2D eigenvalue weighted by molar-refractivity contribution is 0.125. The molecule has 3 nitrogen and oxygen atoms in total. The highest BCUT2D eigenvalue weighted by Crippen LogP contribution is 1.99. The van der Waals surface area contributed by atoms with Gasteiger partial charge in [0.25, 0.3) is 0 Å². The molecule has 0 atom stereocenters. The third-order valence-corrected chi connectivity index (χ3v) is 2.14. The van der Waals surface area contributed by atoms with Gasteiger partial charge in [-0.3, -0.25) is 0 Å². The minimum atomic E-state index is 0.723. The highest BCUT2D eigenvalue weighted by atomic mass is 16.5. The second-order valence-electron chi connectivity index (χ2n) is 4.05. The van der Waals surface area contributed by atoms with Crippen LogP contribution in [0.5, 0.6) is 0 Å². The van der Waals surface area contributed by atoms with Crippen molar-refractivity contribution in [3.05, 3.63) is 24.2 Å². The Labute approximate surface area is 91.8 Å². The quantitative estimate of drug-likeness (QED) is 0.671. The van der Waals surface area contributed by atoms with Crippen LogP contribution in [0, 0.1) is 5.92 Å². The van der Waals surface area contributed by atoms with Crippen LogP contribution in [-0.2, 0) is 11.3 Å².